The largest absolute Gasteiger partial charge is 0.512 e. The minimum atomic E-state index is -0.694. The lowest BCUT2D eigenvalue weighted by Gasteiger charge is -2.42. The third-order valence-electron chi connectivity index (χ3n) is 9.60. The van der Waals surface area contributed by atoms with E-state index in [2.05, 4.69) is 46.6 Å². The number of carbonyl (C=O) groups excluding carboxylic acids is 1. The average Bonchev–Trinajstić information content (AvgIpc) is 3.54. The fourth-order valence-corrected chi connectivity index (χ4v) is 6.97. The molecule has 1 saturated heterocycles. The number of benzene rings is 1. The first-order valence-corrected chi connectivity index (χ1v) is 16.0. The number of aliphatic hydroxyl groups is 1. The highest BCUT2D eigenvalue weighted by molar-refractivity contribution is 5.90. The van der Waals surface area contributed by atoms with Gasteiger partial charge in [-0.05, 0) is 74.6 Å². The summed E-state index contributed by atoms with van der Waals surface area (Å²) in [5.41, 5.74) is 6.44. The minimum absolute atomic E-state index is 0.118. The van der Waals surface area contributed by atoms with Gasteiger partial charge in [-0.25, -0.2) is 14.8 Å². The van der Waals surface area contributed by atoms with Gasteiger partial charge in [0.25, 0.3) is 0 Å². The fraction of sp³-hybridized carbons (Fsp3) is 0.571. The molecule has 3 aliphatic rings. The maximum absolute atomic E-state index is 13.5. The Bertz CT molecular complexity index is 1450. The quantitative estimate of drug-likeness (QED) is 0.366. The van der Waals surface area contributed by atoms with Gasteiger partial charge in [-0.3, -0.25) is 4.90 Å². The lowest BCUT2D eigenvalue weighted by molar-refractivity contribution is -0.167. The Morgan fingerprint density at radius 3 is 2.60 bits per heavy atom. The Balaban J connectivity index is 1.33. The van der Waals surface area contributed by atoms with Gasteiger partial charge in [-0.1, -0.05) is 44.5 Å². The number of hydrogen-bond acceptors (Lipinski definition) is 7. The Kier molecular flexibility index (Phi) is 9.87. The summed E-state index contributed by atoms with van der Waals surface area (Å²) in [4.78, 5) is 25.1. The summed E-state index contributed by atoms with van der Waals surface area (Å²) in [7, 11) is 1.90. The molecular formula is C35H48N4O4. The van der Waals surface area contributed by atoms with Crippen molar-refractivity contribution in [1.29, 1.82) is 0 Å². The van der Waals surface area contributed by atoms with Crippen molar-refractivity contribution in [3.63, 3.8) is 0 Å². The van der Waals surface area contributed by atoms with E-state index in [1.807, 2.05) is 31.5 Å². The van der Waals surface area contributed by atoms with Crippen molar-refractivity contribution in [1.82, 2.24) is 14.5 Å². The van der Waals surface area contributed by atoms with Gasteiger partial charge >= 0.3 is 5.97 Å². The molecule has 0 radical (unpaired) electrons. The van der Waals surface area contributed by atoms with Gasteiger partial charge in [-0.2, -0.15) is 0 Å². The zero-order valence-electron chi connectivity index (χ0n) is 26.5. The van der Waals surface area contributed by atoms with E-state index in [1.54, 1.807) is 0 Å². The van der Waals surface area contributed by atoms with Crippen LogP contribution in [0.4, 0.5) is 0 Å². The molecule has 1 aromatic heterocycles. The molecule has 1 N–H and O–H groups in total. The first-order valence-electron chi connectivity index (χ1n) is 16.0. The molecule has 8 heteroatoms. The zero-order valence-corrected chi connectivity index (χ0v) is 26.5. The molecule has 1 unspecified atom stereocenters. The minimum Gasteiger partial charge on any atom is -0.512 e. The van der Waals surface area contributed by atoms with Crippen molar-refractivity contribution in [2.45, 2.75) is 90.7 Å². The van der Waals surface area contributed by atoms with E-state index < -0.39 is 11.6 Å². The number of aliphatic hydroxyl groups excluding tert-OH is 1. The molecule has 3 heterocycles. The van der Waals surface area contributed by atoms with Gasteiger partial charge < -0.3 is 19.1 Å². The number of hydrogen-bond donors (Lipinski definition) is 1. The zero-order chi connectivity index (χ0) is 30.6. The number of morpholine rings is 1. The second kappa shape index (κ2) is 13.6. The van der Waals surface area contributed by atoms with E-state index in [0.29, 0.717) is 24.2 Å². The second-order valence-electron chi connectivity index (χ2n) is 12.6. The number of allylic oxidation sites excluding steroid dienone is 1. The first kappa shape index (κ1) is 31.2. The summed E-state index contributed by atoms with van der Waals surface area (Å²) in [6.07, 6.45) is 7.25. The van der Waals surface area contributed by atoms with Crippen LogP contribution in [0.25, 0.3) is 0 Å². The summed E-state index contributed by atoms with van der Waals surface area (Å²) < 4.78 is 13.8. The summed E-state index contributed by atoms with van der Waals surface area (Å²) in [5, 5.41) is 11.3. The number of aromatic nitrogens is 2. The van der Waals surface area contributed by atoms with E-state index in [4.69, 9.17) is 9.47 Å². The molecule has 2 aliphatic heterocycles. The summed E-state index contributed by atoms with van der Waals surface area (Å²) in [6, 6.07) is 8.82. The van der Waals surface area contributed by atoms with Gasteiger partial charge in [0, 0.05) is 56.6 Å². The Morgan fingerprint density at radius 1 is 1.16 bits per heavy atom. The van der Waals surface area contributed by atoms with Crippen LogP contribution >= 0.6 is 0 Å². The summed E-state index contributed by atoms with van der Waals surface area (Å²) in [6.45, 7) is 14.7. The van der Waals surface area contributed by atoms with E-state index in [9.17, 15) is 9.90 Å². The van der Waals surface area contributed by atoms with Crippen LogP contribution in [-0.2, 0) is 40.7 Å². The van der Waals surface area contributed by atoms with Gasteiger partial charge in [0.15, 0.2) is 0 Å². The molecule has 43 heavy (non-hydrogen) atoms. The Morgan fingerprint density at radius 2 is 1.91 bits per heavy atom. The molecule has 1 aromatic carbocycles. The van der Waals surface area contributed by atoms with E-state index in [0.717, 1.165) is 82.8 Å². The highest BCUT2D eigenvalue weighted by Crippen LogP contribution is 2.46. The van der Waals surface area contributed by atoms with Crippen molar-refractivity contribution < 1.29 is 19.4 Å². The van der Waals surface area contributed by atoms with E-state index in [-0.39, 0.29) is 23.7 Å². The maximum Gasteiger partial charge on any atom is 0.338 e. The van der Waals surface area contributed by atoms with Crippen LogP contribution in [0.15, 0.2) is 52.9 Å². The summed E-state index contributed by atoms with van der Waals surface area (Å²) in [5.74, 6) is -0.0787. The van der Waals surface area contributed by atoms with E-state index in [1.165, 1.54) is 16.7 Å². The number of carbonyl (C=O) groups is 1. The smallest absolute Gasteiger partial charge is 0.338 e. The van der Waals surface area contributed by atoms with Crippen molar-refractivity contribution in [3.05, 3.63) is 81.6 Å². The van der Waals surface area contributed by atoms with Gasteiger partial charge in [-0.15, -0.1) is 0 Å². The SMILES string of the molecule is C=C(CC1=C(O)CC(CCc2ccc(CN3CCOCC3)c(CC)c2)(C2CCCC2)OC1=O)/N=c1/nc(C)cc(C)n1C. The van der Waals surface area contributed by atoms with Gasteiger partial charge in [0.2, 0.25) is 5.62 Å². The molecule has 1 atom stereocenters. The van der Waals surface area contributed by atoms with Crippen LogP contribution < -0.4 is 5.62 Å². The number of ether oxygens (including phenoxy) is 2. The normalized spacial score (nSPS) is 22.3. The Hall–Kier alpha value is -3.23. The highest BCUT2D eigenvalue weighted by Gasteiger charge is 2.48. The number of esters is 1. The molecule has 1 saturated carbocycles. The second-order valence-corrected chi connectivity index (χ2v) is 12.6. The molecule has 232 valence electrons. The number of nitrogens with zero attached hydrogens (tertiary/aromatic N) is 4. The molecule has 5 rings (SSSR count). The van der Waals surface area contributed by atoms with Crippen LogP contribution in [-0.4, -0.2) is 57.4 Å². The number of rotatable bonds is 10. The van der Waals surface area contributed by atoms with Crippen LogP contribution in [0.5, 0.6) is 0 Å². The van der Waals surface area contributed by atoms with Crippen molar-refractivity contribution >= 4 is 5.97 Å². The highest BCUT2D eigenvalue weighted by atomic mass is 16.6. The fourth-order valence-electron chi connectivity index (χ4n) is 6.97. The number of cyclic esters (lactones) is 1. The molecule has 0 spiro atoms. The third kappa shape index (κ3) is 7.29. The predicted molar refractivity (Wildman–Crippen MR) is 167 cm³/mol. The molecule has 0 amide bonds. The molecule has 0 bridgehead atoms. The summed E-state index contributed by atoms with van der Waals surface area (Å²) >= 11 is 0. The van der Waals surface area contributed by atoms with Crippen molar-refractivity contribution in [3.8, 4) is 0 Å². The van der Waals surface area contributed by atoms with Crippen LogP contribution in [0.1, 0.15) is 79.9 Å². The topological polar surface area (TPSA) is 89.2 Å². The van der Waals surface area contributed by atoms with Crippen LogP contribution in [0.2, 0.25) is 0 Å². The lowest BCUT2D eigenvalue weighted by atomic mass is 9.76. The third-order valence-corrected chi connectivity index (χ3v) is 9.60. The average molecular weight is 589 g/mol. The molecular weight excluding hydrogens is 540 g/mol. The molecule has 1 aliphatic carbocycles. The first-order chi connectivity index (χ1) is 20.7. The van der Waals surface area contributed by atoms with Crippen molar-refractivity contribution in [2.24, 2.45) is 18.0 Å². The number of aryl methyl sites for hydroxylation is 4. The van der Waals surface area contributed by atoms with E-state index >= 15 is 0 Å². The van der Waals surface area contributed by atoms with Gasteiger partial charge in [0.05, 0.1) is 18.8 Å². The molecule has 2 aromatic rings. The van der Waals surface area contributed by atoms with Crippen molar-refractivity contribution in [2.75, 3.05) is 26.3 Å². The monoisotopic (exact) mass is 588 g/mol. The maximum atomic E-state index is 13.5. The predicted octanol–water partition coefficient (Wildman–Crippen LogP) is 5.56. The molecule has 8 nitrogen and oxygen atoms in total. The lowest BCUT2D eigenvalue weighted by Crippen LogP contribution is -2.46. The van der Waals surface area contributed by atoms with Gasteiger partial charge in [0.1, 0.15) is 11.4 Å². The van der Waals surface area contributed by atoms with Crippen LogP contribution in [0.3, 0.4) is 0 Å². The molecule has 2 fully saturated rings. The van der Waals surface area contributed by atoms with Crippen LogP contribution in [0, 0.1) is 19.8 Å². The standard InChI is InChI=1S/C35H48N4O4/c1-6-28-21-27(11-12-29(28)23-39-15-17-42-18-16-39)13-14-35(30-9-7-8-10-30)22-32(40)31(33(41)43-35)20-25(3)37-34-36-24(2)19-26(4)38(34)5/h11-12,19,21,30,40H,3,6-10,13-18,20,22-23H2,1-2,4-5H3/b37-34-. The Labute approximate surface area is 256 Å².